The fraction of sp³-hybridized carbons (Fsp3) is 0.391. The van der Waals surface area contributed by atoms with Crippen LogP contribution < -0.4 is 16.2 Å². The number of anilines is 2. The van der Waals surface area contributed by atoms with Gasteiger partial charge in [0.2, 0.25) is 0 Å². The molecule has 0 saturated heterocycles. The second kappa shape index (κ2) is 11.8. The van der Waals surface area contributed by atoms with Gasteiger partial charge in [-0.25, -0.2) is 4.39 Å². The molecular weight excluding hydrogens is 367 g/mol. The van der Waals surface area contributed by atoms with Gasteiger partial charge in [0, 0.05) is 41.9 Å². The first-order valence-corrected chi connectivity index (χ1v) is 10.1. The van der Waals surface area contributed by atoms with E-state index in [2.05, 4.69) is 16.9 Å². The fourth-order valence-electron chi connectivity index (χ4n) is 2.38. The van der Waals surface area contributed by atoms with E-state index in [0.29, 0.717) is 29.6 Å². The SMILES string of the molecule is CCCN=Cc1ccccc1N.CCCOc1cc(F)cc(C=NC2CC2)c1N. The smallest absolute Gasteiger partial charge is 0.145 e. The summed E-state index contributed by atoms with van der Waals surface area (Å²) in [4.78, 5) is 8.52. The van der Waals surface area contributed by atoms with Crippen molar-refractivity contribution in [3.63, 3.8) is 0 Å². The highest BCUT2D eigenvalue weighted by Gasteiger charge is 2.19. The zero-order valence-electron chi connectivity index (χ0n) is 17.3. The molecule has 0 aliphatic heterocycles. The number of para-hydroxylation sites is 1. The summed E-state index contributed by atoms with van der Waals surface area (Å²) in [6.07, 6.45) is 7.65. The number of hydrogen-bond acceptors (Lipinski definition) is 5. The van der Waals surface area contributed by atoms with Gasteiger partial charge in [-0.2, -0.15) is 0 Å². The summed E-state index contributed by atoms with van der Waals surface area (Å²) in [5, 5.41) is 0. The molecule has 0 amide bonds. The van der Waals surface area contributed by atoms with Gasteiger partial charge in [0.1, 0.15) is 11.6 Å². The number of rotatable bonds is 8. The van der Waals surface area contributed by atoms with E-state index in [0.717, 1.165) is 43.5 Å². The molecule has 0 heterocycles. The van der Waals surface area contributed by atoms with Crippen LogP contribution in [0.25, 0.3) is 0 Å². The molecule has 1 aliphatic carbocycles. The maximum absolute atomic E-state index is 13.4. The molecule has 156 valence electrons. The highest BCUT2D eigenvalue weighted by molar-refractivity contribution is 5.89. The Morgan fingerprint density at radius 1 is 1.07 bits per heavy atom. The molecule has 5 nitrogen and oxygen atoms in total. The third kappa shape index (κ3) is 7.94. The summed E-state index contributed by atoms with van der Waals surface area (Å²) in [6, 6.07) is 10.8. The van der Waals surface area contributed by atoms with Crippen molar-refractivity contribution in [2.24, 2.45) is 9.98 Å². The molecule has 29 heavy (non-hydrogen) atoms. The highest BCUT2D eigenvalue weighted by Crippen LogP contribution is 2.28. The molecule has 0 spiro atoms. The molecule has 0 radical (unpaired) electrons. The quantitative estimate of drug-likeness (QED) is 0.491. The van der Waals surface area contributed by atoms with Crippen LogP contribution in [0.5, 0.6) is 5.75 Å². The zero-order valence-corrected chi connectivity index (χ0v) is 17.3. The lowest BCUT2D eigenvalue weighted by Crippen LogP contribution is -2.03. The molecule has 0 unspecified atom stereocenters. The number of halogens is 1. The van der Waals surface area contributed by atoms with Gasteiger partial charge in [0.05, 0.1) is 18.3 Å². The minimum absolute atomic E-state index is 0.345. The summed E-state index contributed by atoms with van der Waals surface area (Å²) in [6.45, 7) is 5.50. The van der Waals surface area contributed by atoms with Crippen molar-refractivity contribution in [2.75, 3.05) is 24.6 Å². The molecule has 4 N–H and O–H groups in total. The second-order valence-electron chi connectivity index (χ2n) is 6.93. The minimum Gasteiger partial charge on any atom is -0.491 e. The lowest BCUT2D eigenvalue weighted by Gasteiger charge is -2.10. The largest absolute Gasteiger partial charge is 0.491 e. The van der Waals surface area contributed by atoms with Gasteiger partial charge in [-0.1, -0.05) is 32.0 Å². The standard InChI is InChI=1S/C13H17FN2O.C10H14N2/c1-2-5-17-12-7-10(14)6-9(13(12)15)8-16-11-3-4-11;1-2-7-12-8-9-5-3-4-6-10(9)11/h6-8,11H,2-5,15H2,1H3;3-6,8H,2,7,11H2,1H3. The van der Waals surface area contributed by atoms with Crippen LogP contribution in [0.3, 0.4) is 0 Å². The van der Waals surface area contributed by atoms with Crippen molar-refractivity contribution in [3.8, 4) is 5.75 Å². The van der Waals surface area contributed by atoms with Gasteiger partial charge in [-0.05, 0) is 37.8 Å². The van der Waals surface area contributed by atoms with E-state index in [1.807, 2.05) is 37.4 Å². The van der Waals surface area contributed by atoms with Gasteiger partial charge in [0.15, 0.2) is 0 Å². The Kier molecular flexibility index (Phi) is 9.15. The molecule has 2 aromatic rings. The van der Waals surface area contributed by atoms with Crippen molar-refractivity contribution < 1.29 is 9.13 Å². The molecule has 0 atom stereocenters. The normalized spacial score (nSPS) is 13.5. The van der Waals surface area contributed by atoms with Crippen molar-refractivity contribution in [2.45, 2.75) is 45.6 Å². The topological polar surface area (TPSA) is 86.0 Å². The van der Waals surface area contributed by atoms with Crippen LogP contribution in [-0.4, -0.2) is 31.6 Å². The number of hydrogen-bond donors (Lipinski definition) is 2. The second-order valence-corrected chi connectivity index (χ2v) is 6.93. The van der Waals surface area contributed by atoms with Crippen LogP contribution in [0.15, 0.2) is 46.4 Å². The van der Waals surface area contributed by atoms with Crippen LogP contribution in [0.1, 0.15) is 50.7 Å². The van der Waals surface area contributed by atoms with Crippen molar-refractivity contribution in [1.29, 1.82) is 0 Å². The third-order valence-corrected chi connectivity index (χ3v) is 4.15. The molecular formula is C23H31FN4O. The number of nitrogens with two attached hydrogens (primary N) is 2. The van der Waals surface area contributed by atoms with Gasteiger partial charge < -0.3 is 16.2 Å². The Labute approximate surface area is 172 Å². The van der Waals surface area contributed by atoms with E-state index in [1.54, 1.807) is 6.21 Å². The van der Waals surface area contributed by atoms with E-state index < -0.39 is 0 Å². The summed E-state index contributed by atoms with van der Waals surface area (Å²) >= 11 is 0. The van der Waals surface area contributed by atoms with E-state index in [9.17, 15) is 4.39 Å². The van der Waals surface area contributed by atoms with Crippen molar-refractivity contribution >= 4 is 23.8 Å². The first-order valence-electron chi connectivity index (χ1n) is 10.1. The Morgan fingerprint density at radius 2 is 1.83 bits per heavy atom. The molecule has 1 saturated carbocycles. The maximum Gasteiger partial charge on any atom is 0.145 e. The number of nitrogens with zero attached hydrogens (tertiary/aromatic N) is 2. The molecule has 2 aromatic carbocycles. The average molecular weight is 399 g/mol. The van der Waals surface area contributed by atoms with Gasteiger partial charge in [-0.3, -0.25) is 9.98 Å². The summed E-state index contributed by atoms with van der Waals surface area (Å²) < 4.78 is 18.8. The van der Waals surface area contributed by atoms with Gasteiger partial charge in [0.25, 0.3) is 0 Å². The molecule has 0 bridgehead atoms. The van der Waals surface area contributed by atoms with Crippen molar-refractivity contribution in [3.05, 3.63) is 53.3 Å². The first-order chi connectivity index (χ1) is 14.0. The Morgan fingerprint density at radius 3 is 2.48 bits per heavy atom. The summed E-state index contributed by atoms with van der Waals surface area (Å²) in [5.74, 6) is 0.0617. The lowest BCUT2D eigenvalue weighted by atomic mass is 10.1. The Hall–Kier alpha value is -2.89. The van der Waals surface area contributed by atoms with E-state index in [4.69, 9.17) is 16.2 Å². The monoisotopic (exact) mass is 398 g/mol. The predicted molar refractivity (Wildman–Crippen MR) is 121 cm³/mol. The van der Waals surface area contributed by atoms with Crippen LogP contribution in [0, 0.1) is 5.82 Å². The molecule has 3 rings (SSSR count). The van der Waals surface area contributed by atoms with E-state index in [-0.39, 0.29) is 5.82 Å². The molecule has 0 aromatic heterocycles. The van der Waals surface area contributed by atoms with Gasteiger partial charge >= 0.3 is 0 Å². The number of aliphatic imine (C=N–C) groups is 2. The average Bonchev–Trinajstić information content (AvgIpc) is 3.54. The Balaban J connectivity index is 0.000000221. The summed E-state index contributed by atoms with van der Waals surface area (Å²) in [7, 11) is 0. The third-order valence-electron chi connectivity index (χ3n) is 4.15. The first kappa shape index (κ1) is 22.4. The highest BCUT2D eigenvalue weighted by atomic mass is 19.1. The Bertz CT molecular complexity index is 832. The number of nitrogen functional groups attached to an aromatic ring is 2. The molecule has 1 aliphatic rings. The van der Waals surface area contributed by atoms with Crippen LogP contribution in [0.4, 0.5) is 15.8 Å². The van der Waals surface area contributed by atoms with E-state index >= 15 is 0 Å². The molecule has 1 fully saturated rings. The fourth-order valence-corrected chi connectivity index (χ4v) is 2.38. The molecule has 6 heteroatoms. The van der Waals surface area contributed by atoms with Crippen molar-refractivity contribution in [1.82, 2.24) is 0 Å². The number of ether oxygens (including phenoxy) is 1. The van der Waals surface area contributed by atoms with E-state index in [1.165, 1.54) is 12.1 Å². The maximum atomic E-state index is 13.4. The zero-order chi connectivity index (χ0) is 21.1. The predicted octanol–water partition coefficient (Wildman–Crippen LogP) is 4.88. The van der Waals surface area contributed by atoms with Gasteiger partial charge in [-0.15, -0.1) is 0 Å². The van der Waals surface area contributed by atoms with Crippen LogP contribution in [0.2, 0.25) is 0 Å². The van der Waals surface area contributed by atoms with Crippen LogP contribution >= 0.6 is 0 Å². The minimum atomic E-state index is -0.345. The lowest BCUT2D eigenvalue weighted by molar-refractivity contribution is 0.317. The summed E-state index contributed by atoms with van der Waals surface area (Å²) in [5.41, 5.74) is 14.5. The van der Waals surface area contributed by atoms with Crippen LogP contribution in [-0.2, 0) is 0 Å². The number of benzene rings is 2.